The zero-order valence-electron chi connectivity index (χ0n) is 33.5. The summed E-state index contributed by atoms with van der Waals surface area (Å²) in [5.41, 5.74) is 2.31. The fourth-order valence-corrected chi connectivity index (χ4v) is 17.5. The number of carbonyl (C=O) groups is 1. The molecule has 294 valence electrons. The summed E-state index contributed by atoms with van der Waals surface area (Å²) in [6, 6.07) is 0. The van der Waals surface area contributed by atoms with Crippen molar-refractivity contribution in [1.82, 2.24) is 0 Å². The van der Waals surface area contributed by atoms with Gasteiger partial charge in [-0.1, -0.05) is 58.9 Å². The summed E-state index contributed by atoms with van der Waals surface area (Å²) in [6.07, 6.45) is 17.7. The van der Waals surface area contributed by atoms with E-state index in [9.17, 15) is 25.2 Å². The molecule has 52 heavy (non-hydrogen) atoms. The molecule has 0 radical (unpaired) electrons. The lowest BCUT2D eigenvalue weighted by Gasteiger charge is -2.65. The van der Waals surface area contributed by atoms with Crippen LogP contribution in [0.25, 0.3) is 0 Å². The number of thioether (sulfide) groups is 1. The summed E-state index contributed by atoms with van der Waals surface area (Å²) < 4.78 is 0. The van der Waals surface area contributed by atoms with Crippen LogP contribution in [0.15, 0.2) is 11.6 Å². The maximum absolute atomic E-state index is 12.1. The molecule has 0 aromatic heterocycles. The first-order chi connectivity index (χ1) is 24.7. The molecule has 0 saturated heterocycles. The monoisotopic (exact) mass is 739 g/mol. The van der Waals surface area contributed by atoms with Gasteiger partial charge in [0, 0.05) is 5.75 Å². The third-order valence-electron chi connectivity index (χ3n) is 19.0. The molecule has 4 N–H and O–H groups in total. The van der Waals surface area contributed by atoms with Gasteiger partial charge in [0.05, 0.1) is 24.4 Å². The number of hydrogen-bond acceptors (Lipinski definition) is 6. The zero-order chi connectivity index (χ0) is 36.9. The van der Waals surface area contributed by atoms with Crippen molar-refractivity contribution in [2.24, 2.45) is 99.6 Å². The molecule has 7 fully saturated rings. The first kappa shape index (κ1) is 38.5. The number of fused-ring (bicyclic) bond motifs is 5. The van der Waals surface area contributed by atoms with E-state index in [0.717, 1.165) is 66.9 Å². The molecule has 7 saturated carbocycles. The number of hydrogen-bond donors (Lipinski definition) is 4. The minimum atomic E-state index is -0.684. The van der Waals surface area contributed by atoms with Gasteiger partial charge in [0.15, 0.2) is 0 Å². The highest BCUT2D eigenvalue weighted by Crippen LogP contribution is 2.70. The summed E-state index contributed by atoms with van der Waals surface area (Å²) in [7, 11) is 0. The molecule has 8 rings (SSSR count). The number of rotatable bonds is 5. The molecule has 1 heterocycles. The van der Waals surface area contributed by atoms with E-state index < -0.39 is 12.2 Å². The lowest BCUT2D eigenvalue weighted by Crippen LogP contribution is -2.57. The van der Waals surface area contributed by atoms with E-state index in [0.29, 0.717) is 46.8 Å². The maximum Gasteiger partial charge on any atom is 0.212 e. The van der Waals surface area contributed by atoms with Crippen molar-refractivity contribution in [2.45, 2.75) is 162 Å². The second-order valence-corrected chi connectivity index (χ2v) is 22.7. The average molecular weight is 739 g/mol. The summed E-state index contributed by atoms with van der Waals surface area (Å²) in [5, 5.41) is 44.5. The van der Waals surface area contributed by atoms with Crippen LogP contribution < -0.4 is 0 Å². The maximum atomic E-state index is 12.1. The number of carbonyl (C=O) groups excluding carboxylic acids is 1. The SMILES string of the molecule is C[C@@H]1CC2C(CC[C@]3(C)C[C@@H](CC4C[C@H](C)C(C5C[C@H](C)C(C6C[C@H](C)[C@@H](O)[C@@H](O)C6)[C@@H](O)C5)[C@@H](O)C4)CC[C@]23C)[C@H]2CC[C@H](C3=CC(=O)SC3)[C@@H]12. The lowest BCUT2D eigenvalue weighted by molar-refractivity contribution is -0.159. The molecule has 0 spiro atoms. The molecular formula is C46H74O5S. The van der Waals surface area contributed by atoms with Gasteiger partial charge in [-0.3, -0.25) is 4.79 Å². The molecule has 5 nitrogen and oxygen atoms in total. The molecule has 0 aromatic rings. The second-order valence-electron chi connectivity index (χ2n) is 21.7. The van der Waals surface area contributed by atoms with Gasteiger partial charge in [-0.25, -0.2) is 0 Å². The summed E-state index contributed by atoms with van der Waals surface area (Å²) in [4.78, 5) is 12.1. The van der Waals surface area contributed by atoms with E-state index in [1.54, 1.807) is 0 Å². The summed E-state index contributed by atoms with van der Waals surface area (Å²) in [5.74, 6) is 9.07. The molecule has 8 aliphatic rings. The Bertz CT molecular complexity index is 1310. The van der Waals surface area contributed by atoms with Crippen molar-refractivity contribution in [1.29, 1.82) is 0 Å². The van der Waals surface area contributed by atoms with Crippen molar-refractivity contribution in [3.63, 3.8) is 0 Å². The van der Waals surface area contributed by atoms with Crippen LogP contribution in [-0.2, 0) is 4.79 Å². The standard InChI is InChI=1S/C46H74O5S/c1-24-13-29(18-37(47)41(24)30-14-25(2)42(38(48)19-30)31-15-27(4)44(51)39(49)20-31)17-28-9-12-46(6)36-16-26(3)43-33(32-21-40(50)52-23-32)7-8-35(43)34(36)10-11-45(46,5)22-28/h21,24-31,33-39,41-44,47-49,51H,7-20,22-23H2,1-6H3/t24-,25-,26+,27-,28+,29?,30?,31?,33+,34?,35+,36?,37-,38-,39-,41?,42?,43+,44+,45+,46+/m0/s1. The zero-order valence-corrected chi connectivity index (χ0v) is 34.3. The van der Waals surface area contributed by atoms with Gasteiger partial charge in [-0.05, 0) is 202 Å². The van der Waals surface area contributed by atoms with Gasteiger partial charge >= 0.3 is 0 Å². The van der Waals surface area contributed by atoms with Gasteiger partial charge in [0.1, 0.15) is 0 Å². The molecule has 7 aliphatic carbocycles. The molecule has 0 bridgehead atoms. The second kappa shape index (κ2) is 14.5. The lowest BCUT2D eigenvalue weighted by atomic mass is 9.40. The van der Waals surface area contributed by atoms with Gasteiger partial charge in [-0.2, -0.15) is 0 Å². The van der Waals surface area contributed by atoms with Crippen LogP contribution in [-0.4, -0.2) is 55.7 Å². The van der Waals surface area contributed by atoms with E-state index in [1.165, 1.54) is 81.5 Å². The Labute approximate surface area is 320 Å². The third-order valence-corrected chi connectivity index (χ3v) is 19.9. The molecule has 21 atom stereocenters. The molecule has 0 amide bonds. The van der Waals surface area contributed by atoms with Crippen LogP contribution in [0.3, 0.4) is 0 Å². The highest BCUT2D eigenvalue weighted by molar-refractivity contribution is 8.14. The average Bonchev–Trinajstić information content (AvgIpc) is 3.71. The first-order valence-corrected chi connectivity index (χ1v) is 23.3. The van der Waals surface area contributed by atoms with E-state index in [2.05, 4.69) is 34.6 Å². The van der Waals surface area contributed by atoms with E-state index in [1.807, 2.05) is 13.0 Å². The number of aliphatic hydroxyl groups excluding tert-OH is 4. The molecular weight excluding hydrogens is 665 g/mol. The Morgan fingerprint density at radius 3 is 1.98 bits per heavy atom. The van der Waals surface area contributed by atoms with Crippen molar-refractivity contribution in [2.75, 3.05) is 5.75 Å². The molecule has 0 aromatic carbocycles. The van der Waals surface area contributed by atoms with Gasteiger partial charge in [0.2, 0.25) is 5.12 Å². The van der Waals surface area contributed by atoms with Crippen LogP contribution in [0, 0.1) is 99.6 Å². The van der Waals surface area contributed by atoms with E-state index in [-0.39, 0.29) is 41.0 Å². The van der Waals surface area contributed by atoms with Crippen LogP contribution in [0.2, 0.25) is 0 Å². The quantitative estimate of drug-likeness (QED) is 0.225. The summed E-state index contributed by atoms with van der Waals surface area (Å²) >= 11 is 1.53. The van der Waals surface area contributed by atoms with E-state index in [4.69, 9.17) is 0 Å². The van der Waals surface area contributed by atoms with Crippen molar-refractivity contribution >= 4 is 16.9 Å². The van der Waals surface area contributed by atoms with Crippen LogP contribution >= 0.6 is 11.8 Å². The topological polar surface area (TPSA) is 98.0 Å². The van der Waals surface area contributed by atoms with Crippen molar-refractivity contribution < 1.29 is 25.2 Å². The van der Waals surface area contributed by atoms with Crippen LogP contribution in [0.4, 0.5) is 0 Å². The molecule has 6 heteroatoms. The highest BCUT2D eigenvalue weighted by atomic mass is 32.2. The van der Waals surface area contributed by atoms with Crippen molar-refractivity contribution in [3.05, 3.63) is 11.6 Å². The molecule has 7 unspecified atom stereocenters. The Hall–Kier alpha value is -0.400. The van der Waals surface area contributed by atoms with Crippen LogP contribution in [0.5, 0.6) is 0 Å². The highest BCUT2D eigenvalue weighted by Gasteiger charge is 2.62. The van der Waals surface area contributed by atoms with Crippen LogP contribution in [0.1, 0.15) is 138 Å². The summed E-state index contributed by atoms with van der Waals surface area (Å²) in [6.45, 7) is 14.7. The van der Waals surface area contributed by atoms with E-state index >= 15 is 0 Å². The largest absolute Gasteiger partial charge is 0.393 e. The van der Waals surface area contributed by atoms with Crippen molar-refractivity contribution in [3.8, 4) is 0 Å². The van der Waals surface area contributed by atoms with Gasteiger partial charge in [-0.15, -0.1) is 0 Å². The fraction of sp³-hybridized carbons (Fsp3) is 0.935. The number of aliphatic hydroxyl groups is 4. The minimum absolute atomic E-state index is 0.0655. The Balaban J connectivity index is 0.872. The normalized spacial score (nSPS) is 56.8. The first-order valence-electron chi connectivity index (χ1n) is 22.3. The minimum Gasteiger partial charge on any atom is -0.393 e. The smallest absolute Gasteiger partial charge is 0.212 e. The van der Waals surface area contributed by atoms with Gasteiger partial charge in [0.25, 0.3) is 0 Å². The fourth-order valence-electron chi connectivity index (χ4n) is 16.7. The van der Waals surface area contributed by atoms with Gasteiger partial charge < -0.3 is 20.4 Å². The Morgan fingerprint density at radius 2 is 1.33 bits per heavy atom. The predicted molar refractivity (Wildman–Crippen MR) is 210 cm³/mol. The predicted octanol–water partition coefficient (Wildman–Crippen LogP) is 8.91. The Kier molecular flexibility index (Phi) is 10.7. The molecule has 1 aliphatic heterocycles. The third kappa shape index (κ3) is 6.56. The Morgan fingerprint density at radius 1 is 0.673 bits per heavy atom.